The third kappa shape index (κ3) is 2.31. The molecule has 0 saturated heterocycles. The van der Waals surface area contributed by atoms with E-state index in [1.54, 1.807) is 0 Å². The topological polar surface area (TPSA) is 59.2 Å². The maximum Gasteiger partial charge on any atom is 0.417 e. The van der Waals surface area contributed by atoms with Gasteiger partial charge in [-0.1, -0.05) is 0 Å². The minimum atomic E-state index is -4.59. The van der Waals surface area contributed by atoms with Gasteiger partial charge in [0, 0.05) is 18.4 Å². The Morgan fingerprint density at radius 3 is 2.61 bits per heavy atom. The molecule has 1 saturated carbocycles. The lowest BCUT2D eigenvalue weighted by atomic mass is 9.92. The highest BCUT2D eigenvalue weighted by Crippen LogP contribution is 2.32. The monoisotopic (exact) mass is 259 g/mol. The second-order valence-corrected chi connectivity index (χ2v) is 4.22. The Bertz CT molecular complexity index is 457. The minimum absolute atomic E-state index is 0.168. The number of alkyl halides is 3. The van der Waals surface area contributed by atoms with Gasteiger partial charge in [0.05, 0.1) is 11.1 Å². The van der Waals surface area contributed by atoms with Crippen molar-refractivity contribution in [3.05, 3.63) is 29.6 Å². The third-order valence-corrected chi connectivity index (χ3v) is 3.06. The summed E-state index contributed by atoms with van der Waals surface area (Å²) in [6, 6.07) is 0.612. The van der Waals surface area contributed by atoms with Crippen molar-refractivity contribution in [2.24, 2.45) is 5.84 Å². The average Bonchev–Trinajstić information content (AvgIpc) is 2.24. The van der Waals surface area contributed by atoms with Crippen LogP contribution in [0.4, 0.5) is 13.2 Å². The predicted molar refractivity (Wildman–Crippen MR) is 57.2 cm³/mol. The zero-order valence-corrected chi connectivity index (χ0v) is 9.44. The van der Waals surface area contributed by atoms with Crippen molar-refractivity contribution in [2.75, 3.05) is 0 Å². The fourth-order valence-electron chi connectivity index (χ4n) is 1.78. The number of rotatable bonds is 2. The second-order valence-electron chi connectivity index (χ2n) is 4.22. The lowest BCUT2D eigenvalue weighted by Gasteiger charge is -2.34. The Labute approximate surface area is 102 Å². The van der Waals surface area contributed by atoms with E-state index in [9.17, 15) is 18.0 Å². The van der Waals surface area contributed by atoms with Crippen molar-refractivity contribution < 1.29 is 18.0 Å². The summed E-state index contributed by atoms with van der Waals surface area (Å²) in [7, 11) is 0. The van der Waals surface area contributed by atoms with Gasteiger partial charge in [0.25, 0.3) is 5.91 Å². The molecule has 4 nitrogen and oxygen atoms in total. The number of nitrogens with two attached hydrogens (primary N) is 1. The van der Waals surface area contributed by atoms with Gasteiger partial charge in [0.2, 0.25) is 0 Å². The molecule has 1 amide bonds. The number of pyridine rings is 1. The molecular weight excluding hydrogens is 247 g/mol. The largest absolute Gasteiger partial charge is 0.417 e. The molecule has 0 atom stereocenters. The van der Waals surface area contributed by atoms with Gasteiger partial charge >= 0.3 is 6.18 Å². The number of halogens is 3. The summed E-state index contributed by atoms with van der Waals surface area (Å²) in [4.78, 5) is 15.5. The summed E-state index contributed by atoms with van der Waals surface area (Å²) in [6.45, 7) is 0. The van der Waals surface area contributed by atoms with Gasteiger partial charge in [-0.15, -0.1) is 0 Å². The van der Waals surface area contributed by atoms with Crippen LogP contribution < -0.4 is 5.84 Å². The van der Waals surface area contributed by atoms with Crippen LogP contribution in [0, 0.1) is 0 Å². The first-order chi connectivity index (χ1) is 8.41. The molecule has 1 aliphatic carbocycles. The first-order valence-electron chi connectivity index (χ1n) is 5.50. The molecule has 1 fully saturated rings. The van der Waals surface area contributed by atoms with Crippen LogP contribution in [0.3, 0.4) is 0 Å². The number of aromatic nitrogens is 1. The maximum absolute atomic E-state index is 12.7. The molecule has 0 radical (unpaired) electrons. The summed E-state index contributed by atoms with van der Waals surface area (Å²) in [5, 5.41) is 0.885. The first kappa shape index (κ1) is 12.8. The lowest BCUT2D eigenvalue weighted by Crippen LogP contribution is -2.49. The molecule has 7 heteroatoms. The number of hydrazine groups is 1. The Morgan fingerprint density at radius 2 is 2.11 bits per heavy atom. The van der Waals surface area contributed by atoms with Crippen LogP contribution in [0.15, 0.2) is 18.5 Å². The molecule has 1 aliphatic rings. The van der Waals surface area contributed by atoms with Crippen LogP contribution in [0.2, 0.25) is 0 Å². The first-order valence-corrected chi connectivity index (χ1v) is 5.50. The van der Waals surface area contributed by atoms with Gasteiger partial charge in [0.1, 0.15) is 0 Å². The van der Waals surface area contributed by atoms with E-state index in [0.717, 1.165) is 42.7 Å². The Hall–Kier alpha value is -1.63. The van der Waals surface area contributed by atoms with Gasteiger partial charge in [-0.2, -0.15) is 13.2 Å². The van der Waals surface area contributed by atoms with Crippen molar-refractivity contribution in [1.29, 1.82) is 0 Å². The minimum Gasteiger partial charge on any atom is -0.273 e. The van der Waals surface area contributed by atoms with Crippen molar-refractivity contribution in [1.82, 2.24) is 9.99 Å². The molecule has 0 spiro atoms. The van der Waals surface area contributed by atoms with E-state index in [-0.39, 0.29) is 6.04 Å². The molecule has 18 heavy (non-hydrogen) atoms. The Kier molecular flexibility index (Phi) is 3.25. The molecular formula is C11H12F3N3O. The van der Waals surface area contributed by atoms with E-state index in [0.29, 0.717) is 0 Å². The molecule has 1 aromatic rings. The zero-order chi connectivity index (χ0) is 13.3. The number of amides is 1. The van der Waals surface area contributed by atoms with Crippen molar-refractivity contribution >= 4 is 5.91 Å². The van der Waals surface area contributed by atoms with E-state index < -0.39 is 23.2 Å². The summed E-state index contributed by atoms with van der Waals surface area (Å²) < 4.78 is 38.2. The molecule has 0 aliphatic heterocycles. The van der Waals surface area contributed by atoms with Gasteiger partial charge in [-0.25, -0.2) is 5.84 Å². The molecule has 2 N–H and O–H groups in total. The molecule has 1 aromatic heterocycles. The van der Waals surface area contributed by atoms with Crippen molar-refractivity contribution in [3.63, 3.8) is 0 Å². The highest BCUT2D eigenvalue weighted by molar-refractivity contribution is 5.95. The third-order valence-electron chi connectivity index (χ3n) is 3.06. The van der Waals surface area contributed by atoms with Gasteiger partial charge in [0.15, 0.2) is 0 Å². The quantitative estimate of drug-likeness (QED) is 0.502. The highest BCUT2D eigenvalue weighted by atomic mass is 19.4. The van der Waals surface area contributed by atoms with Crippen molar-refractivity contribution in [2.45, 2.75) is 31.5 Å². The van der Waals surface area contributed by atoms with Crippen LogP contribution in [-0.4, -0.2) is 21.9 Å². The molecule has 0 bridgehead atoms. The summed E-state index contributed by atoms with van der Waals surface area (Å²) in [6.07, 6.45) is -0.291. The molecule has 2 rings (SSSR count). The number of carbonyl (C=O) groups is 1. The van der Waals surface area contributed by atoms with E-state index in [4.69, 9.17) is 5.84 Å². The highest BCUT2D eigenvalue weighted by Gasteiger charge is 2.37. The van der Waals surface area contributed by atoms with E-state index in [1.165, 1.54) is 0 Å². The number of hydrogen-bond acceptors (Lipinski definition) is 3. The van der Waals surface area contributed by atoms with Crippen LogP contribution in [0.1, 0.15) is 35.2 Å². The fourth-order valence-corrected chi connectivity index (χ4v) is 1.78. The SMILES string of the molecule is NN(C(=O)c1cnccc1C(F)(F)F)C1CCC1. The number of carbonyl (C=O) groups excluding carboxylic acids is 1. The molecule has 0 aromatic carbocycles. The molecule has 1 heterocycles. The normalized spacial score (nSPS) is 16.2. The van der Waals surface area contributed by atoms with E-state index in [2.05, 4.69) is 4.98 Å². The predicted octanol–water partition coefficient (Wildman–Crippen LogP) is 1.97. The maximum atomic E-state index is 12.7. The molecule has 0 unspecified atom stereocenters. The lowest BCUT2D eigenvalue weighted by molar-refractivity contribution is -0.138. The van der Waals surface area contributed by atoms with E-state index in [1.807, 2.05) is 0 Å². The van der Waals surface area contributed by atoms with Crippen LogP contribution >= 0.6 is 0 Å². The number of hydrogen-bond donors (Lipinski definition) is 1. The summed E-state index contributed by atoms with van der Waals surface area (Å²) >= 11 is 0. The smallest absolute Gasteiger partial charge is 0.273 e. The summed E-state index contributed by atoms with van der Waals surface area (Å²) in [5.41, 5.74) is -1.50. The average molecular weight is 259 g/mol. The van der Waals surface area contributed by atoms with Crippen LogP contribution in [0.5, 0.6) is 0 Å². The van der Waals surface area contributed by atoms with Gasteiger partial charge < -0.3 is 0 Å². The van der Waals surface area contributed by atoms with E-state index >= 15 is 0 Å². The van der Waals surface area contributed by atoms with Gasteiger partial charge in [-0.3, -0.25) is 14.8 Å². The Balaban J connectivity index is 2.29. The second kappa shape index (κ2) is 4.56. The Morgan fingerprint density at radius 1 is 1.44 bits per heavy atom. The van der Waals surface area contributed by atoms with Crippen LogP contribution in [-0.2, 0) is 6.18 Å². The number of nitrogens with zero attached hydrogens (tertiary/aromatic N) is 2. The van der Waals surface area contributed by atoms with Crippen molar-refractivity contribution in [3.8, 4) is 0 Å². The molecule has 98 valence electrons. The fraction of sp³-hybridized carbons (Fsp3) is 0.455. The van der Waals surface area contributed by atoms with Gasteiger partial charge in [-0.05, 0) is 25.3 Å². The standard InChI is InChI=1S/C11H12F3N3O/c12-11(13,14)9-4-5-16-6-8(9)10(18)17(15)7-2-1-3-7/h4-7H,1-3,15H2. The van der Waals surface area contributed by atoms with Crippen LogP contribution in [0.25, 0.3) is 0 Å². The summed E-state index contributed by atoms with van der Waals surface area (Å²) in [5.74, 6) is 4.72. The zero-order valence-electron chi connectivity index (χ0n) is 9.44.